The van der Waals surface area contributed by atoms with Crippen LogP contribution in [0.5, 0.6) is 0 Å². The van der Waals surface area contributed by atoms with Gasteiger partial charge in [0.05, 0.1) is 24.4 Å². The van der Waals surface area contributed by atoms with Crippen LogP contribution in [0, 0.1) is 5.92 Å². The van der Waals surface area contributed by atoms with E-state index in [1.807, 2.05) is 22.1 Å². The van der Waals surface area contributed by atoms with Crippen LogP contribution in [-0.4, -0.2) is 98.3 Å². The fourth-order valence-corrected chi connectivity index (χ4v) is 8.13. The van der Waals surface area contributed by atoms with Crippen molar-refractivity contribution in [3.63, 3.8) is 0 Å². The van der Waals surface area contributed by atoms with Gasteiger partial charge in [0.15, 0.2) is 0 Å². The molecule has 0 bridgehead atoms. The molecule has 0 radical (unpaired) electrons. The zero-order valence-electron chi connectivity index (χ0n) is 25.7. The van der Waals surface area contributed by atoms with Gasteiger partial charge in [-0.05, 0) is 66.8 Å². The van der Waals surface area contributed by atoms with E-state index >= 15 is 0 Å². The smallest absolute Gasteiger partial charge is 0.246 e. The van der Waals surface area contributed by atoms with Crippen LogP contribution in [0.3, 0.4) is 0 Å². The second-order valence-corrected chi connectivity index (χ2v) is 14.5. The molecule has 0 saturated carbocycles. The lowest BCUT2D eigenvalue weighted by molar-refractivity contribution is -0.126. The SMILES string of the molecule is C=CC(=O)N1CCC[C@H]1c1ccc(N2CC[C@H](CS(C)(=O)=O)C2)c2cnc(Nc3ccnc(N4CC[C@@H](OC)[C@@H](F)C4)n3)cc12. The molecule has 2 aromatic heterocycles. The van der Waals surface area contributed by atoms with Crippen molar-refractivity contribution in [2.75, 3.05) is 67.0 Å². The Hall–Kier alpha value is -3.84. The number of nitrogens with zero attached hydrogens (tertiary/aromatic N) is 6. The second kappa shape index (κ2) is 12.9. The monoisotopic (exact) mass is 637 g/mol. The van der Waals surface area contributed by atoms with Crippen LogP contribution in [0.1, 0.15) is 37.3 Å². The van der Waals surface area contributed by atoms with Gasteiger partial charge in [-0.15, -0.1) is 0 Å². The number of amides is 1. The van der Waals surface area contributed by atoms with E-state index in [0.717, 1.165) is 47.8 Å². The molecule has 240 valence electrons. The normalized spacial score (nSPS) is 23.9. The van der Waals surface area contributed by atoms with Gasteiger partial charge in [-0.25, -0.2) is 22.8 Å². The van der Waals surface area contributed by atoms with Gasteiger partial charge >= 0.3 is 0 Å². The Morgan fingerprint density at radius 1 is 1.09 bits per heavy atom. The van der Waals surface area contributed by atoms with E-state index in [4.69, 9.17) is 9.72 Å². The number of ether oxygens (including phenoxy) is 1. The van der Waals surface area contributed by atoms with E-state index in [0.29, 0.717) is 43.6 Å². The first kappa shape index (κ1) is 31.2. The Kier molecular flexibility index (Phi) is 8.91. The van der Waals surface area contributed by atoms with Gasteiger partial charge < -0.3 is 24.8 Å². The van der Waals surface area contributed by atoms with Crippen molar-refractivity contribution in [2.45, 2.75) is 44.0 Å². The minimum absolute atomic E-state index is 0.0686. The maximum atomic E-state index is 14.6. The number of sulfone groups is 1. The number of carbonyl (C=O) groups excluding carboxylic acids is 1. The Bertz CT molecular complexity index is 1690. The number of fused-ring (bicyclic) bond motifs is 1. The summed E-state index contributed by atoms with van der Waals surface area (Å²) < 4.78 is 43.8. The van der Waals surface area contributed by atoms with E-state index in [1.165, 1.54) is 19.4 Å². The largest absolute Gasteiger partial charge is 0.378 e. The highest BCUT2D eigenvalue weighted by Gasteiger charge is 2.33. The summed E-state index contributed by atoms with van der Waals surface area (Å²) in [6.07, 6.45) is 7.67. The zero-order valence-corrected chi connectivity index (χ0v) is 26.5. The van der Waals surface area contributed by atoms with Crippen molar-refractivity contribution in [3.8, 4) is 0 Å². The number of carbonyl (C=O) groups is 1. The quantitative estimate of drug-likeness (QED) is 0.344. The average Bonchev–Trinajstić information content (AvgIpc) is 3.69. The molecule has 6 rings (SSSR count). The van der Waals surface area contributed by atoms with Gasteiger partial charge in [0.2, 0.25) is 11.9 Å². The number of aromatic nitrogens is 3. The number of alkyl halides is 1. The summed E-state index contributed by atoms with van der Waals surface area (Å²) in [5, 5.41) is 5.21. The van der Waals surface area contributed by atoms with Gasteiger partial charge in [0.1, 0.15) is 27.6 Å². The third-order valence-electron chi connectivity index (χ3n) is 9.11. The molecule has 11 nitrogen and oxygen atoms in total. The van der Waals surface area contributed by atoms with Crippen molar-refractivity contribution in [1.29, 1.82) is 0 Å². The van der Waals surface area contributed by atoms with E-state index in [1.54, 1.807) is 12.3 Å². The number of pyridine rings is 1. The number of halogens is 1. The Balaban J connectivity index is 1.33. The fraction of sp³-hybridized carbons (Fsp3) is 0.500. The standard InChI is InChI=1S/C32H40FN7O4S/c1-4-31(41)40-13-5-6-27(40)22-7-8-26(38-14-10-21(18-38)20-45(3,42)43)24-17-35-30(16-23(22)24)36-29-9-12-34-32(37-29)39-15-11-28(44-2)25(33)19-39/h4,7-9,12,16-17,21,25,27-28H,1,5-6,10-11,13-15,18-20H2,2-3H3,(H,34,35,36,37)/t21-,25-,27-,28+/m0/s1. The van der Waals surface area contributed by atoms with Crippen molar-refractivity contribution >= 4 is 49.8 Å². The third kappa shape index (κ3) is 6.74. The lowest BCUT2D eigenvalue weighted by Crippen LogP contribution is -2.46. The molecule has 4 atom stereocenters. The number of rotatable bonds is 9. The van der Waals surface area contributed by atoms with Crippen molar-refractivity contribution < 1.29 is 22.3 Å². The lowest BCUT2D eigenvalue weighted by atomic mass is 9.96. The Morgan fingerprint density at radius 2 is 1.91 bits per heavy atom. The molecule has 0 unspecified atom stereocenters. The fourth-order valence-electron chi connectivity index (χ4n) is 7.00. The van der Waals surface area contributed by atoms with Gasteiger partial charge in [0, 0.05) is 63.0 Å². The summed E-state index contributed by atoms with van der Waals surface area (Å²) in [4.78, 5) is 32.5. The number of methoxy groups -OCH3 is 1. The first-order chi connectivity index (χ1) is 21.6. The predicted octanol–water partition coefficient (Wildman–Crippen LogP) is 4.05. The molecule has 1 amide bonds. The van der Waals surface area contributed by atoms with Gasteiger partial charge in [0.25, 0.3) is 0 Å². The summed E-state index contributed by atoms with van der Waals surface area (Å²) in [5.74, 6) is 1.68. The molecular formula is C32H40FN7O4S. The minimum Gasteiger partial charge on any atom is -0.378 e. The first-order valence-electron chi connectivity index (χ1n) is 15.4. The molecule has 3 aliphatic rings. The highest BCUT2D eigenvalue weighted by Crippen LogP contribution is 2.41. The molecule has 45 heavy (non-hydrogen) atoms. The summed E-state index contributed by atoms with van der Waals surface area (Å²) in [6.45, 7) is 6.52. The number of anilines is 4. The molecule has 3 fully saturated rings. The number of hydrogen-bond donors (Lipinski definition) is 1. The van der Waals surface area contributed by atoms with Gasteiger partial charge in [-0.2, -0.15) is 4.98 Å². The van der Waals surface area contributed by atoms with E-state index in [9.17, 15) is 17.6 Å². The van der Waals surface area contributed by atoms with Crippen molar-refractivity contribution in [1.82, 2.24) is 19.9 Å². The van der Waals surface area contributed by atoms with Crippen LogP contribution in [0.4, 0.5) is 27.7 Å². The molecule has 1 N–H and O–H groups in total. The van der Waals surface area contributed by atoms with E-state index in [2.05, 4.69) is 38.9 Å². The number of nitrogens with one attached hydrogen (secondary N) is 1. The molecule has 1 aromatic carbocycles. The highest BCUT2D eigenvalue weighted by atomic mass is 32.2. The molecule has 5 heterocycles. The number of benzene rings is 1. The van der Waals surface area contributed by atoms with Crippen LogP contribution in [0.25, 0.3) is 10.8 Å². The summed E-state index contributed by atoms with van der Waals surface area (Å²) in [7, 11) is -1.54. The van der Waals surface area contributed by atoms with Crippen LogP contribution in [-0.2, 0) is 19.4 Å². The summed E-state index contributed by atoms with van der Waals surface area (Å²) >= 11 is 0. The Morgan fingerprint density at radius 3 is 2.67 bits per heavy atom. The Labute approximate surface area is 263 Å². The molecule has 3 aliphatic heterocycles. The number of hydrogen-bond acceptors (Lipinski definition) is 10. The molecule has 3 saturated heterocycles. The predicted molar refractivity (Wildman–Crippen MR) is 173 cm³/mol. The number of likely N-dealkylation sites (tertiary alicyclic amines) is 1. The third-order valence-corrected chi connectivity index (χ3v) is 10.2. The molecule has 13 heteroatoms. The first-order valence-corrected chi connectivity index (χ1v) is 17.5. The highest BCUT2D eigenvalue weighted by molar-refractivity contribution is 7.90. The average molecular weight is 638 g/mol. The summed E-state index contributed by atoms with van der Waals surface area (Å²) in [6, 6.07) is 7.79. The summed E-state index contributed by atoms with van der Waals surface area (Å²) in [5.41, 5.74) is 2.02. The van der Waals surface area contributed by atoms with Crippen LogP contribution in [0.2, 0.25) is 0 Å². The lowest BCUT2D eigenvalue weighted by Gasteiger charge is -2.33. The van der Waals surface area contributed by atoms with E-state index in [-0.39, 0.29) is 30.2 Å². The molecule has 0 spiro atoms. The maximum absolute atomic E-state index is 14.6. The van der Waals surface area contributed by atoms with Crippen molar-refractivity contribution in [2.24, 2.45) is 5.92 Å². The number of piperidine rings is 1. The minimum atomic E-state index is -3.07. The second-order valence-electron chi connectivity index (χ2n) is 12.3. The van der Waals surface area contributed by atoms with Gasteiger partial charge in [-0.3, -0.25) is 4.79 Å². The topological polar surface area (TPSA) is 121 Å². The molecule has 3 aromatic rings. The van der Waals surface area contributed by atoms with Crippen molar-refractivity contribution in [3.05, 3.63) is 54.9 Å². The zero-order chi connectivity index (χ0) is 31.7. The van der Waals surface area contributed by atoms with Crippen LogP contribution >= 0.6 is 0 Å². The van der Waals surface area contributed by atoms with Crippen LogP contribution in [0.15, 0.2) is 49.3 Å². The molecule has 0 aliphatic carbocycles. The molecular weight excluding hydrogens is 597 g/mol. The van der Waals surface area contributed by atoms with Crippen LogP contribution < -0.4 is 15.1 Å². The van der Waals surface area contributed by atoms with Gasteiger partial charge in [-0.1, -0.05) is 12.6 Å². The maximum Gasteiger partial charge on any atom is 0.246 e. The van der Waals surface area contributed by atoms with E-state index < -0.39 is 22.1 Å².